The molecule has 0 aromatic heterocycles. The quantitative estimate of drug-likeness (QED) is 0.782. The van der Waals surface area contributed by atoms with Crippen molar-refractivity contribution < 1.29 is 4.79 Å². The van der Waals surface area contributed by atoms with Crippen LogP contribution >= 0.6 is 27.5 Å². The van der Waals surface area contributed by atoms with Gasteiger partial charge in [-0.1, -0.05) is 22.0 Å². The van der Waals surface area contributed by atoms with Crippen LogP contribution in [0.25, 0.3) is 0 Å². The van der Waals surface area contributed by atoms with Gasteiger partial charge in [0.05, 0.1) is 0 Å². The summed E-state index contributed by atoms with van der Waals surface area (Å²) in [4.78, 5) is 14.1. The summed E-state index contributed by atoms with van der Waals surface area (Å²) in [7, 11) is 0. The SMILES string of the molecule is O=C(c1cccc(Br)c1)N(CCCl)C1CC1. The Kier molecular flexibility index (Phi) is 3.87. The predicted octanol–water partition coefficient (Wildman–Crippen LogP) is 3.29. The summed E-state index contributed by atoms with van der Waals surface area (Å²) in [5.41, 5.74) is 0.728. The van der Waals surface area contributed by atoms with Crippen LogP contribution in [-0.2, 0) is 0 Å². The highest BCUT2D eigenvalue weighted by Gasteiger charge is 2.32. The second-order valence-corrected chi connectivity index (χ2v) is 5.22. The minimum atomic E-state index is 0.0875. The van der Waals surface area contributed by atoms with E-state index in [0.29, 0.717) is 18.5 Å². The molecule has 0 aliphatic heterocycles. The van der Waals surface area contributed by atoms with E-state index < -0.39 is 0 Å². The van der Waals surface area contributed by atoms with Crippen molar-refractivity contribution in [3.8, 4) is 0 Å². The van der Waals surface area contributed by atoms with Crippen molar-refractivity contribution in [2.45, 2.75) is 18.9 Å². The number of rotatable bonds is 4. The number of amides is 1. The van der Waals surface area contributed by atoms with Crippen LogP contribution in [0.3, 0.4) is 0 Å². The zero-order valence-electron chi connectivity index (χ0n) is 8.83. The van der Waals surface area contributed by atoms with Crippen molar-refractivity contribution in [1.82, 2.24) is 4.90 Å². The standard InChI is InChI=1S/C12H13BrClNO/c13-10-3-1-2-9(8-10)12(16)15(7-6-14)11-4-5-11/h1-3,8,11H,4-7H2. The number of halogens is 2. The molecule has 0 atom stereocenters. The fourth-order valence-electron chi connectivity index (χ4n) is 1.71. The number of alkyl halides is 1. The fraction of sp³-hybridized carbons (Fsp3) is 0.417. The lowest BCUT2D eigenvalue weighted by Gasteiger charge is -2.21. The van der Waals surface area contributed by atoms with E-state index in [2.05, 4.69) is 15.9 Å². The second kappa shape index (κ2) is 5.19. The highest BCUT2D eigenvalue weighted by molar-refractivity contribution is 9.10. The molecule has 1 fully saturated rings. The van der Waals surface area contributed by atoms with Crippen LogP contribution in [0.4, 0.5) is 0 Å². The van der Waals surface area contributed by atoms with Gasteiger partial charge in [-0.05, 0) is 31.0 Å². The molecule has 0 unspecified atom stereocenters. The van der Waals surface area contributed by atoms with E-state index in [4.69, 9.17) is 11.6 Å². The lowest BCUT2D eigenvalue weighted by atomic mass is 10.2. The monoisotopic (exact) mass is 301 g/mol. The van der Waals surface area contributed by atoms with Crippen molar-refractivity contribution in [2.75, 3.05) is 12.4 Å². The first-order valence-electron chi connectivity index (χ1n) is 5.35. The van der Waals surface area contributed by atoms with Gasteiger partial charge in [-0.3, -0.25) is 4.79 Å². The first-order valence-corrected chi connectivity index (χ1v) is 6.67. The molecule has 0 saturated heterocycles. The highest BCUT2D eigenvalue weighted by Crippen LogP contribution is 2.28. The van der Waals surface area contributed by atoms with Gasteiger partial charge in [-0.15, -0.1) is 11.6 Å². The van der Waals surface area contributed by atoms with Crippen molar-refractivity contribution in [2.24, 2.45) is 0 Å². The van der Waals surface area contributed by atoms with Gasteiger partial charge < -0.3 is 4.90 Å². The Morgan fingerprint density at radius 3 is 2.81 bits per heavy atom. The predicted molar refractivity (Wildman–Crippen MR) is 68.9 cm³/mol. The third-order valence-corrected chi connectivity index (χ3v) is 3.31. The van der Waals surface area contributed by atoms with Gasteiger partial charge in [0, 0.05) is 28.5 Å². The van der Waals surface area contributed by atoms with E-state index in [1.54, 1.807) is 0 Å². The van der Waals surface area contributed by atoms with Crippen LogP contribution in [-0.4, -0.2) is 29.3 Å². The number of benzene rings is 1. The normalized spacial score (nSPS) is 14.9. The molecule has 0 radical (unpaired) electrons. The van der Waals surface area contributed by atoms with Crippen LogP contribution in [0.1, 0.15) is 23.2 Å². The van der Waals surface area contributed by atoms with Gasteiger partial charge in [0.25, 0.3) is 5.91 Å². The van der Waals surface area contributed by atoms with Crippen LogP contribution in [0, 0.1) is 0 Å². The minimum absolute atomic E-state index is 0.0875. The zero-order chi connectivity index (χ0) is 11.5. The molecular formula is C12H13BrClNO. The topological polar surface area (TPSA) is 20.3 Å². The fourth-order valence-corrected chi connectivity index (χ4v) is 2.30. The summed E-state index contributed by atoms with van der Waals surface area (Å²) in [6.45, 7) is 0.636. The van der Waals surface area contributed by atoms with E-state index in [0.717, 1.165) is 22.9 Å². The van der Waals surface area contributed by atoms with Crippen molar-refractivity contribution in [1.29, 1.82) is 0 Å². The Bertz CT molecular complexity index is 392. The molecule has 1 saturated carbocycles. The van der Waals surface area contributed by atoms with Crippen LogP contribution in [0.5, 0.6) is 0 Å². The third kappa shape index (κ3) is 2.77. The van der Waals surface area contributed by atoms with E-state index in [1.807, 2.05) is 29.2 Å². The molecule has 0 heterocycles. The molecule has 4 heteroatoms. The molecule has 2 nitrogen and oxygen atoms in total. The molecule has 86 valence electrons. The number of hydrogen-bond acceptors (Lipinski definition) is 1. The van der Waals surface area contributed by atoms with Crippen LogP contribution in [0.15, 0.2) is 28.7 Å². The molecule has 1 aromatic rings. The maximum atomic E-state index is 12.2. The van der Waals surface area contributed by atoms with Gasteiger partial charge in [0.2, 0.25) is 0 Å². The largest absolute Gasteiger partial charge is 0.334 e. The number of carbonyl (C=O) groups excluding carboxylic acids is 1. The summed E-state index contributed by atoms with van der Waals surface area (Å²) >= 11 is 9.10. The molecular weight excluding hydrogens is 289 g/mol. The summed E-state index contributed by atoms with van der Waals surface area (Å²) < 4.78 is 0.931. The molecule has 1 aliphatic carbocycles. The van der Waals surface area contributed by atoms with E-state index in [-0.39, 0.29) is 5.91 Å². The number of carbonyl (C=O) groups is 1. The van der Waals surface area contributed by atoms with Gasteiger partial charge in [0.15, 0.2) is 0 Å². The Labute approximate surface area is 109 Å². The molecule has 16 heavy (non-hydrogen) atoms. The minimum Gasteiger partial charge on any atom is -0.334 e. The smallest absolute Gasteiger partial charge is 0.254 e. The maximum absolute atomic E-state index is 12.2. The van der Waals surface area contributed by atoms with Crippen LogP contribution < -0.4 is 0 Å². The Morgan fingerprint density at radius 2 is 2.25 bits per heavy atom. The van der Waals surface area contributed by atoms with Gasteiger partial charge in [-0.25, -0.2) is 0 Å². The lowest BCUT2D eigenvalue weighted by Crippen LogP contribution is -2.34. The Morgan fingerprint density at radius 1 is 1.50 bits per heavy atom. The molecule has 2 rings (SSSR count). The van der Waals surface area contributed by atoms with Crippen molar-refractivity contribution >= 4 is 33.4 Å². The molecule has 0 bridgehead atoms. The molecule has 0 spiro atoms. The molecule has 0 N–H and O–H groups in total. The van der Waals surface area contributed by atoms with Gasteiger partial charge >= 0.3 is 0 Å². The number of nitrogens with zero attached hydrogens (tertiary/aromatic N) is 1. The molecule has 1 aliphatic rings. The van der Waals surface area contributed by atoms with Crippen LogP contribution in [0.2, 0.25) is 0 Å². The molecule has 1 amide bonds. The first kappa shape index (κ1) is 11.9. The second-order valence-electron chi connectivity index (χ2n) is 3.93. The Hall–Kier alpha value is -0.540. The van der Waals surface area contributed by atoms with Crippen molar-refractivity contribution in [3.63, 3.8) is 0 Å². The number of hydrogen-bond donors (Lipinski definition) is 0. The molecule has 1 aromatic carbocycles. The maximum Gasteiger partial charge on any atom is 0.254 e. The summed E-state index contributed by atoms with van der Waals surface area (Å²) in [6.07, 6.45) is 2.22. The average Bonchev–Trinajstić information content (AvgIpc) is 3.09. The lowest BCUT2D eigenvalue weighted by molar-refractivity contribution is 0.0753. The summed E-state index contributed by atoms with van der Waals surface area (Å²) in [5, 5.41) is 0. The van der Waals surface area contributed by atoms with E-state index in [1.165, 1.54) is 0 Å². The highest BCUT2D eigenvalue weighted by atomic mass is 79.9. The Balaban J connectivity index is 2.15. The average molecular weight is 303 g/mol. The third-order valence-electron chi connectivity index (χ3n) is 2.65. The van der Waals surface area contributed by atoms with Gasteiger partial charge in [-0.2, -0.15) is 0 Å². The summed E-state index contributed by atoms with van der Waals surface area (Å²) in [5.74, 6) is 0.584. The van der Waals surface area contributed by atoms with Crippen molar-refractivity contribution in [3.05, 3.63) is 34.3 Å². The summed E-state index contributed by atoms with van der Waals surface area (Å²) in [6, 6.07) is 7.90. The zero-order valence-corrected chi connectivity index (χ0v) is 11.2. The first-order chi connectivity index (χ1) is 7.72. The van der Waals surface area contributed by atoms with Gasteiger partial charge in [0.1, 0.15) is 0 Å². The van der Waals surface area contributed by atoms with E-state index in [9.17, 15) is 4.79 Å². The van der Waals surface area contributed by atoms with E-state index >= 15 is 0 Å².